The van der Waals surface area contributed by atoms with Gasteiger partial charge < -0.3 is 15.2 Å². The van der Waals surface area contributed by atoms with E-state index in [1.807, 2.05) is 0 Å². The van der Waals surface area contributed by atoms with Gasteiger partial charge in [0.15, 0.2) is 0 Å². The lowest BCUT2D eigenvalue weighted by Crippen LogP contribution is -2.32. The SMILES string of the molecule is CC(C)COCC(O)CNCCCS(C)(=O)=O. The van der Waals surface area contributed by atoms with Crippen LogP contribution in [0.5, 0.6) is 0 Å². The van der Waals surface area contributed by atoms with Gasteiger partial charge in [-0.25, -0.2) is 8.42 Å². The summed E-state index contributed by atoms with van der Waals surface area (Å²) in [6, 6.07) is 0. The molecule has 0 rings (SSSR count). The van der Waals surface area contributed by atoms with E-state index in [2.05, 4.69) is 19.2 Å². The summed E-state index contributed by atoms with van der Waals surface area (Å²) in [6.07, 6.45) is 1.26. The summed E-state index contributed by atoms with van der Waals surface area (Å²) < 4.78 is 27.0. The molecule has 2 N–H and O–H groups in total. The van der Waals surface area contributed by atoms with E-state index in [9.17, 15) is 13.5 Å². The van der Waals surface area contributed by atoms with Crippen molar-refractivity contribution in [2.45, 2.75) is 26.4 Å². The molecule has 6 heteroatoms. The summed E-state index contributed by atoms with van der Waals surface area (Å²) in [6.45, 7) is 6.09. The average molecular weight is 267 g/mol. The van der Waals surface area contributed by atoms with Crippen molar-refractivity contribution in [2.24, 2.45) is 5.92 Å². The van der Waals surface area contributed by atoms with Gasteiger partial charge >= 0.3 is 0 Å². The molecule has 0 bridgehead atoms. The lowest BCUT2D eigenvalue weighted by molar-refractivity contribution is 0.0263. The molecule has 0 heterocycles. The predicted molar refractivity (Wildman–Crippen MR) is 68.9 cm³/mol. The first-order valence-corrected chi connectivity index (χ1v) is 8.01. The van der Waals surface area contributed by atoms with E-state index >= 15 is 0 Å². The molecule has 0 aliphatic carbocycles. The molecule has 0 saturated carbocycles. The van der Waals surface area contributed by atoms with E-state index < -0.39 is 15.9 Å². The average Bonchev–Trinajstić information content (AvgIpc) is 2.14. The Kier molecular flexibility index (Phi) is 8.77. The topological polar surface area (TPSA) is 75.6 Å². The largest absolute Gasteiger partial charge is 0.389 e. The zero-order valence-electron chi connectivity index (χ0n) is 11.0. The molecule has 0 aromatic carbocycles. The maximum atomic E-state index is 10.8. The van der Waals surface area contributed by atoms with E-state index in [1.165, 1.54) is 6.26 Å². The van der Waals surface area contributed by atoms with Crippen LogP contribution in [0.15, 0.2) is 0 Å². The van der Waals surface area contributed by atoms with Crippen LogP contribution in [0.2, 0.25) is 0 Å². The minimum Gasteiger partial charge on any atom is -0.389 e. The van der Waals surface area contributed by atoms with Crippen molar-refractivity contribution in [3.8, 4) is 0 Å². The Balaban J connectivity index is 3.36. The predicted octanol–water partition coefficient (Wildman–Crippen LogP) is 0.0442. The number of nitrogens with one attached hydrogen (secondary N) is 1. The molecule has 0 spiro atoms. The number of rotatable bonds is 10. The van der Waals surface area contributed by atoms with Crippen molar-refractivity contribution in [1.82, 2.24) is 5.32 Å². The third-order valence-electron chi connectivity index (χ3n) is 2.01. The number of aliphatic hydroxyl groups excluding tert-OH is 1. The van der Waals surface area contributed by atoms with Crippen LogP contribution < -0.4 is 5.32 Å². The van der Waals surface area contributed by atoms with Gasteiger partial charge in [-0.15, -0.1) is 0 Å². The van der Waals surface area contributed by atoms with Crippen LogP contribution >= 0.6 is 0 Å². The Bertz CT molecular complexity index is 277. The van der Waals surface area contributed by atoms with Gasteiger partial charge in [0.2, 0.25) is 0 Å². The van der Waals surface area contributed by atoms with E-state index in [0.29, 0.717) is 38.6 Å². The molecule has 0 saturated heterocycles. The second-order valence-corrected chi connectivity index (χ2v) is 7.03. The number of hydrogen-bond acceptors (Lipinski definition) is 5. The summed E-state index contributed by atoms with van der Waals surface area (Å²) in [5, 5.41) is 12.5. The fraction of sp³-hybridized carbons (Fsp3) is 1.00. The standard InChI is InChI=1S/C11H25NO4S/c1-10(2)8-16-9-11(13)7-12-5-4-6-17(3,14)15/h10-13H,4-9H2,1-3H3. The smallest absolute Gasteiger partial charge is 0.147 e. The molecule has 5 nitrogen and oxygen atoms in total. The van der Waals surface area contributed by atoms with E-state index in [0.717, 1.165) is 0 Å². The molecule has 0 fully saturated rings. The fourth-order valence-corrected chi connectivity index (χ4v) is 1.90. The first kappa shape index (κ1) is 16.8. The molecule has 0 radical (unpaired) electrons. The summed E-state index contributed by atoms with van der Waals surface area (Å²) in [5.74, 6) is 0.643. The highest BCUT2D eigenvalue weighted by Crippen LogP contribution is 1.94. The van der Waals surface area contributed by atoms with Crippen molar-refractivity contribution in [3.05, 3.63) is 0 Å². The minimum absolute atomic E-state index is 0.181. The normalized spacial score (nSPS) is 14.2. The summed E-state index contributed by atoms with van der Waals surface area (Å²) >= 11 is 0. The molecule has 104 valence electrons. The van der Waals surface area contributed by atoms with Crippen LogP contribution in [0, 0.1) is 5.92 Å². The van der Waals surface area contributed by atoms with E-state index in [4.69, 9.17) is 4.74 Å². The minimum atomic E-state index is -2.88. The Morgan fingerprint density at radius 1 is 1.29 bits per heavy atom. The van der Waals surface area contributed by atoms with Crippen molar-refractivity contribution in [2.75, 3.05) is 38.3 Å². The zero-order chi connectivity index (χ0) is 13.3. The second kappa shape index (κ2) is 8.85. The van der Waals surface area contributed by atoms with Crippen LogP contribution in [0.25, 0.3) is 0 Å². The van der Waals surface area contributed by atoms with Crippen molar-refractivity contribution >= 4 is 9.84 Å². The monoisotopic (exact) mass is 267 g/mol. The highest BCUT2D eigenvalue weighted by molar-refractivity contribution is 7.90. The molecule has 0 aromatic rings. The van der Waals surface area contributed by atoms with Crippen LogP contribution in [0.3, 0.4) is 0 Å². The van der Waals surface area contributed by atoms with Crippen LogP contribution in [0.1, 0.15) is 20.3 Å². The lowest BCUT2D eigenvalue weighted by atomic mass is 10.2. The molecule has 0 aromatic heterocycles. The highest BCUT2D eigenvalue weighted by atomic mass is 32.2. The van der Waals surface area contributed by atoms with Gasteiger partial charge in [0.05, 0.1) is 18.5 Å². The van der Waals surface area contributed by atoms with Crippen LogP contribution in [0.4, 0.5) is 0 Å². The molecule has 0 amide bonds. The molecule has 17 heavy (non-hydrogen) atoms. The van der Waals surface area contributed by atoms with Crippen molar-refractivity contribution in [3.63, 3.8) is 0 Å². The van der Waals surface area contributed by atoms with Gasteiger partial charge in [0, 0.05) is 19.4 Å². The van der Waals surface area contributed by atoms with Gasteiger partial charge in [0.25, 0.3) is 0 Å². The van der Waals surface area contributed by atoms with Crippen LogP contribution in [-0.4, -0.2) is 57.9 Å². The zero-order valence-corrected chi connectivity index (χ0v) is 11.8. The Hall–Kier alpha value is -0.170. The highest BCUT2D eigenvalue weighted by Gasteiger charge is 2.05. The number of sulfone groups is 1. The quantitative estimate of drug-likeness (QED) is 0.547. The van der Waals surface area contributed by atoms with Gasteiger partial charge in [-0.1, -0.05) is 13.8 Å². The maximum absolute atomic E-state index is 10.8. The maximum Gasteiger partial charge on any atom is 0.147 e. The Morgan fingerprint density at radius 2 is 1.94 bits per heavy atom. The third-order valence-corrected chi connectivity index (χ3v) is 3.04. The first-order chi connectivity index (χ1) is 7.81. The Morgan fingerprint density at radius 3 is 2.47 bits per heavy atom. The molecule has 0 aliphatic heterocycles. The number of aliphatic hydroxyl groups is 1. The molecular weight excluding hydrogens is 242 g/mol. The first-order valence-electron chi connectivity index (χ1n) is 5.95. The summed E-state index contributed by atoms with van der Waals surface area (Å²) in [5.41, 5.74) is 0. The number of hydrogen-bond donors (Lipinski definition) is 2. The van der Waals surface area contributed by atoms with Crippen molar-refractivity contribution in [1.29, 1.82) is 0 Å². The van der Waals surface area contributed by atoms with Gasteiger partial charge in [-0.3, -0.25) is 0 Å². The second-order valence-electron chi connectivity index (χ2n) is 4.77. The van der Waals surface area contributed by atoms with Crippen molar-refractivity contribution < 1.29 is 18.3 Å². The van der Waals surface area contributed by atoms with Gasteiger partial charge in [0.1, 0.15) is 9.84 Å². The molecular formula is C11H25NO4S. The molecule has 1 unspecified atom stereocenters. The fourth-order valence-electron chi connectivity index (χ4n) is 1.23. The molecule has 1 atom stereocenters. The van der Waals surface area contributed by atoms with Gasteiger partial charge in [-0.2, -0.15) is 0 Å². The van der Waals surface area contributed by atoms with Gasteiger partial charge in [-0.05, 0) is 18.9 Å². The summed E-state index contributed by atoms with van der Waals surface area (Å²) in [7, 11) is -2.88. The lowest BCUT2D eigenvalue weighted by Gasteiger charge is -2.13. The third kappa shape index (κ3) is 13.8. The summed E-state index contributed by atoms with van der Waals surface area (Å²) in [4.78, 5) is 0. The molecule has 0 aliphatic rings. The van der Waals surface area contributed by atoms with E-state index in [1.54, 1.807) is 0 Å². The van der Waals surface area contributed by atoms with Crippen LogP contribution in [-0.2, 0) is 14.6 Å². The number of ether oxygens (including phenoxy) is 1. The Labute approximate surface area is 104 Å². The van der Waals surface area contributed by atoms with E-state index in [-0.39, 0.29) is 5.75 Å².